The topological polar surface area (TPSA) is 6.48 Å². The summed E-state index contributed by atoms with van der Waals surface area (Å²) in [5, 5.41) is 0. The molecule has 0 fully saturated rings. The van der Waals surface area contributed by atoms with Gasteiger partial charge in [0.15, 0.2) is 0 Å². The summed E-state index contributed by atoms with van der Waals surface area (Å²) in [4.78, 5) is 4.38. The van der Waals surface area contributed by atoms with E-state index >= 15 is 0 Å². The van der Waals surface area contributed by atoms with Crippen LogP contribution in [0.4, 0.5) is 11.4 Å². The molecule has 2 rings (SSSR count). The Labute approximate surface area is 80.6 Å². The number of benzene rings is 1. The van der Waals surface area contributed by atoms with E-state index in [1.54, 1.807) is 0 Å². The highest BCUT2D eigenvalue weighted by atomic mass is 15.3. The first-order valence-electron chi connectivity index (χ1n) is 4.42. The summed E-state index contributed by atoms with van der Waals surface area (Å²) in [5.74, 6) is 0. The fourth-order valence-corrected chi connectivity index (χ4v) is 1.96. The largest absolute Gasteiger partial charge is 0.356 e. The highest BCUT2D eigenvalue weighted by Gasteiger charge is 2.21. The van der Waals surface area contributed by atoms with Crippen LogP contribution in [0.25, 0.3) is 0 Å². The normalized spacial score (nSPS) is 15.0. The lowest BCUT2D eigenvalue weighted by Gasteiger charge is -2.13. The number of aryl methyl sites for hydroxylation is 1. The van der Waals surface area contributed by atoms with E-state index in [2.05, 4.69) is 36.9 Å². The Kier molecular flexibility index (Phi) is 1.75. The van der Waals surface area contributed by atoms with Crippen LogP contribution in [0.1, 0.15) is 5.56 Å². The zero-order valence-electron chi connectivity index (χ0n) is 8.33. The van der Waals surface area contributed by atoms with Gasteiger partial charge in [0.05, 0.1) is 18.0 Å². The fraction of sp³-hybridized carbons (Fsp3) is 0.400. The molecule has 1 heterocycles. The van der Waals surface area contributed by atoms with Crippen LogP contribution in [-0.4, -0.2) is 28.6 Å². The van der Waals surface area contributed by atoms with Gasteiger partial charge in [0, 0.05) is 14.1 Å². The molecular formula is C10H13BN2. The van der Waals surface area contributed by atoms with Crippen molar-refractivity contribution in [3.8, 4) is 0 Å². The van der Waals surface area contributed by atoms with Gasteiger partial charge in [-0.3, -0.25) is 0 Å². The molecule has 0 amide bonds. The zero-order chi connectivity index (χ0) is 9.59. The number of nitrogens with zero attached hydrogens (tertiary/aromatic N) is 2. The van der Waals surface area contributed by atoms with Crippen molar-refractivity contribution in [2.75, 3.05) is 30.6 Å². The van der Waals surface area contributed by atoms with Crippen LogP contribution < -0.4 is 15.3 Å². The summed E-state index contributed by atoms with van der Waals surface area (Å²) in [6, 6.07) is 4.20. The number of hydrogen-bond acceptors (Lipinski definition) is 2. The Morgan fingerprint density at radius 1 is 1.23 bits per heavy atom. The highest BCUT2D eigenvalue weighted by Crippen LogP contribution is 2.32. The van der Waals surface area contributed by atoms with Gasteiger partial charge in [-0.25, -0.2) is 0 Å². The standard InChI is InChI=1S/C10H13BN2/c1-7-4-8(11)10-9(5-7)12(2)6-13(10)3/h4-5H,6H2,1-3H3. The molecule has 1 aromatic rings. The number of anilines is 2. The van der Waals surface area contributed by atoms with Crippen LogP contribution in [0.2, 0.25) is 0 Å². The van der Waals surface area contributed by atoms with Crippen LogP contribution >= 0.6 is 0 Å². The van der Waals surface area contributed by atoms with Crippen molar-refractivity contribution in [3.05, 3.63) is 17.7 Å². The first-order chi connectivity index (χ1) is 6.09. The second kappa shape index (κ2) is 2.69. The van der Waals surface area contributed by atoms with Gasteiger partial charge in [-0.2, -0.15) is 0 Å². The molecule has 0 atom stereocenters. The molecule has 0 saturated carbocycles. The van der Waals surface area contributed by atoms with Crippen LogP contribution in [0.15, 0.2) is 12.1 Å². The van der Waals surface area contributed by atoms with Crippen molar-refractivity contribution >= 4 is 24.7 Å². The molecule has 66 valence electrons. The summed E-state index contributed by atoms with van der Waals surface area (Å²) in [6.45, 7) is 2.99. The Balaban J connectivity index is 2.63. The van der Waals surface area contributed by atoms with Crippen molar-refractivity contribution in [3.63, 3.8) is 0 Å². The highest BCUT2D eigenvalue weighted by molar-refractivity contribution is 6.37. The molecule has 0 bridgehead atoms. The minimum absolute atomic E-state index is 0.877. The molecule has 0 saturated heterocycles. The van der Waals surface area contributed by atoms with E-state index in [-0.39, 0.29) is 0 Å². The summed E-state index contributed by atoms with van der Waals surface area (Å²) in [6.07, 6.45) is 0. The maximum atomic E-state index is 5.96. The van der Waals surface area contributed by atoms with E-state index in [0.29, 0.717) is 0 Å². The molecule has 1 aliphatic heterocycles. The smallest absolute Gasteiger partial charge is 0.116 e. The van der Waals surface area contributed by atoms with Gasteiger partial charge < -0.3 is 9.80 Å². The van der Waals surface area contributed by atoms with Crippen molar-refractivity contribution in [2.45, 2.75) is 6.92 Å². The lowest BCUT2D eigenvalue weighted by atomic mass is 9.91. The predicted octanol–water partition coefficient (Wildman–Crippen LogP) is 0.632. The minimum atomic E-state index is 0.877. The molecule has 1 aromatic carbocycles. The number of rotatable bonds is 0. The second-order valence-corrected chi connectivity index (χ2v) is 3.76. The molecular weight excluding hydrogens is 159 g/mol. The van der Waals surface area contributed by atoms with Crippen LogP contribution in [0.3, 0.4) is 0 Å². The lowest BCUT2D eigenvalue weighted by Crippen LogP contribution is -2.25. The average Bonchev–Trinajstić information content (AvgIpc) is 2.27. The maximum Gasteiger partial charge on any atom is 0.116 e. The van der Waals surface area contributed by atoms with Crippen molar-refractivity contribution in [1.29, 1.82) is 0 Å². The molecule has 0 aromatic heterocycles. The van der Waals surface area contributed by atoms with Gasteiger partial charge in [-0.15, -0.1) is 0 Å². The monoisotopic (exact) mass is 172 g/mol. The zero-order valence-corrected chi connectivity index (χ0v) is 8.33. The summed E-state index contributed by atoms with van der Waals surface area (Å²) < 4.78 is 0. The molecule has 0 spiro atoms. The van der Waals surface area contributed by atoms with Gasteiger partial charge in [0.1, 0.15) is 7.85 Å². The first kappa shape index (κ1) is 8.48. The van der Waals surface area contributed by atoms with Crippen LogP contribution in [0, 0.1) is 6.92 Å². The van der Waals surface area contributed by atoms with E-state index in [1.807, 2.05) is 6.07 Å². The Morgan fingerprint density at radius 3 is 2.62 bits per heavy atom. The molecule has 0 unspecified atom stereocenters. The Bertz CT molecular complexity index is 349. The predicted molar refractivity (Wildman–Crippen MR) is 58.2 cm³/mol. The van der Waals surface area contributed by atoms with Gasteiger partial charge in [0.25, 0.3) is 0 Å². The van der Waals surface area contributed by atoms with E-state index in [0.717, 1.165) is 17.8 Å². The summed E-state index contributed by atoms with van der Waals surface area (Å²) in [7, 11) is 10.1. The maximum absolute atomic E-state index is 5.96. The average molecular weight is 172 g/mol. The number of hydrogen-bond donors (Lipinski definition) is 0. The van der Waals surface area contributed by atoms with Gasteiger partial charge in [-0.05, 0) is 18.6 Å². The van der Waals surface area contributed by atoms with Crippen molar-refractivity contribution < 1.29 is 0 Å². The van der Waals surface area contributed by atoms with E-state index in [1.165, 1.54) is 11.3 Å². The van der Waals surface area contributed by atoms with Crippen LogP contribution in [0.5, 0.6) is 0 Å². The van der Waals surface area contributed by atoms with Crippen LogP contribution in [-0.2, 0) is 0 Å². The fourth-order valence-electron chi connectivity index (χ4n) is 1.96. The van der Waals surface area contributed by atoms with Gasteiger partial charge in [-0.1, -0.05) is 11.5 Å². The van der Waals surface area contributed by atoms with E-state index in [4.69, 9.17) is 7.85 Å². The molecule has 13 heavy (non-hydrogen) atoms. The lowest BCUT2D eigenvalue weighted by molar-refractivity contribution is 0.916. The third kappa shape index (κ3) is 1.19. The number of fused-ring (bicyclic) bond motifs is 1. The third-order valence-corrected chi connectivity index (χ3v) is 2.48. The first-order valence-corrected chi connectivity index (χ1v) is 4.42. The molecule has 1 aliphatic rings. The SMILES string of the molecule is [B]c1cc(C)cc2c1N(C)CN2C. The Hall–Kier alpha value is -1.12. The summed E-state index contributed by atoms with van der Waals surface area (Å²) in [5.41, 5.74) is 4.49. The molecule has 2 radical (unpaired) electrons. The Morgan fingerprint density at radius 2 is 1.92 bits per heavy atom. The summed E-state index contributed by atoms with van der Waals surface area (Å²) >= 11 is 0. The molecule has 3 heteroatoms. The minimum Gasteiger partial charge on any atom is -0.356 e. The van der Waals surface area contributed by atoms with Crippen molar-refractivity contribution in [1.82, 2.24) is 0 Å². The second-order valence-electron chi connectivity index (χ2n) is 3.76. The van der Waals surface area contributed by atoms with E-state index < -0.39 is 0 Å². The van der Waals surface area contributed by atoms with Gasteiger partial charge >= 0.3 is 0 Å². The molecule has 0 aliphatic carbocycles. The molecule has 2 nitrogen and oxygen atoms in total. The van der Waals surface area contributed by atoms with Gasteiger partial charge in [0.2, 0.25) is 0 Å². The van der Waals surface area contributed by atoms with Crippen molar-refractivity contribution in [2.24, 2.45) is 0 Å². The third-order valence-electron chi connectivity index (χ3n) is 2.48. The quantitative estimate of drug-likeness (QED) is 0.529. The molecule has 0 N–H and O–H groups in total. The van der Waals surface area contributed by atoms with E-state index in [9.17, 15) is 0 Å².